The molecule has 1 aliphatic rings. The molecule has 1 heterocycles. The Morgan fingerprint density at radius 1 is 1.38 bits per heavy atom. The smallest absolute Gasteiger partial charge is 0.263 e. The van der Waals surface area contributed by atoms with Crippen LogP contribution >= 0.6 is 35.7 Å². The van der Waals surface area contributed by atoms with Crippen LogP contribution in [0.5, 0.6) is 0 Å². The van der Waals surface area contributed by atoms with Crippen LogP contribution in [0.4, 0.5) is 0 Å². The Morgan fingerprint density at radius 3 is 2.56 bits per heavy atom. The molecule has 1 amide bonds. The zero-order valence-corrected chi connectivity index (χ0v) is 11.0. The quantitative estimate of drug-likeness (QED) is 0.507. The van der Waals surface area contributed by atoms with E-state index in [9.17, 15) is 4.79 Å². The zero-order chi connectivity index (χ0) is 11.5. The topological polar surface area (TPSA) is 29.1 Å². The number of thioether (sulfide) groups is 2. The molecule has 1 N–H and O–H groups in total. The third-order valence-corrected chi connectivity index (χ3v) is 3.96. The van der Waals surface area contributed by atoms with Crippen LogP contribution in [0.2, 0.25) is 0 Å². The molecule has 0 aromatic heterocycles. The lowest BCUT2D eigenvalue weighted by Gasteiger charge is -1.97. The highest BCUT2D eigenvalue weighted by Gasteiger charge is 2.21. The van der Waals surface area contributed by atoms with Crippen molar-refractivity contribution in [3.8, 4) is 0 Å². The first-order chi connectivity index (χ1) is 7.69. The van der Waals surface area contributed by atoms with E-state index in [-0.39, 0.29) is 5.91 Å². The summed E-state index contributed by atoms with van der Waals surface area (Å²) in [6.45, 7) is 0. The molecule has 1 saturated heterocycles. The van der Waals surface area contributed by atoms with Gasteiger partial charge in [0, 0.05) is 4.90 Å². The van der Waals surface area contributed by atoms with Crippen molar-refractivity contribution in [3.05, 3.63) is 34.7 Å². The number of nitrogens with one attached hydrogen (secondary N) is 1. The van der Waals surface area contributed by atoms with Crippen LogP contribution < -0.4 is 5.32 Å². The normalized spacial score (nSPS) is 17.9. The minimum atomic E-state index is -0.107. The summed E-state index contributed by atoms with van der Waals surface area (Å²) in [7, 11) is 0. The van der Waals surface area contributed by atoms with Crippen LogP contribution in [-0.4, -0.2) is 16.5 Å². The van der Waals surface area contributed by atoms with Crippen LogP contribution in [0.25, 0.3) is 6.08 Å². The molecule has 82 valence electrons. The van der Waals surface area contributed by atoms with Crippen molar-refractivity contribution < 1.29 is 4.79 Å². The van der Waals surface area contributed by atoms with Gasteiger partial charge in [-0.2, -0.15) is 0 Å². The molecule has 0 atom stereocenters. The summed E-state index contributed by atoms with van der Waals surface area (Å²) in [5, 5.41) is 2.59. The van der Waals surface area contributed by atoms with E-state index in [0.717, 1.165) is 5.56 Å². The Balaban J connectivity index is 2.22. The number of benzene rings is 1. The molecule has 0 saturated carbocycles. The van der Waals surface area contributed by atoms with E-state index < -0.39 is 0 Å². The predicted molar refractivity (Wildman–Crippen MR) is 74.5 cm³/mol. The van der Waals surface area contributed by atoms with Crippen LogP contribution in [0.15, 0.2) is 34.1 Å². The molecule has 0 unspecified atom stereocenters. The highest BCUT2D eigenvalue weighted by Crippen LogP contribution is 2.26. The summed E-state index contributed by atoms with van der Waals surface area (Å²) in [4.78, 5) is 13.3. The molecule has 1 aliphatic heterocycles. The van der Waals surface area contributed by atoms with E-state index in [2.05, 4.69) is 5.32 Å². The highest BCUT2D eigenvalue weighted by atomic mass is 32.2. The van der Waals surface area contributed by atoms with Gasteiger partial charge >= 0.3 is 0 Å². The summed E-state index contributed by atoms with van der Waals surface area (Å²) in [6.07, 6.45) is 3.88. The molecule has 16 heavy (non-hydrogen) atoms. The van der Waals surface area contributed by atoms with Crippen molar-refractivity contribution in [1.82, 2.24) is 5.32 Å². The lowest BCUT2D eigenvalue weighted by atomic mass is 10.2. The van der Waals surface area contributed by atoms with Gasteiger partial charge in [0.1, 0.15) is 4.32 Å². The number of thiocarbonyl (C=S) groups is 1. The Morgan fingerprint density at radius 2 is 2.06 bits per heavy atom. The first-order valence-corrected chi connectivity index (χ1v) is 7.03. The maximum Gasteiger partial charge on any atom is 0.263 e. The fourth-order valence-corrected chi connectivity index (χ4v) is 2.73. The van der Waals surface area contributed by atoms with Crippen molar-refractivity contribution >= 4 is 52.0 Å². The first-order valence-electron chi connectivity index (χ1n) is 4.58. The van der Waals surface area contributed by atoms with E-state index in [1.807, 2.05) is 36.6 Å². The zero-order valence-electron chi connectivity index (χ0n) is 8.52. The van der Waals surface area contributed by atoms with Gasteiger partial charge in [-0.3, -0.25) is 4.79 Å². The number of carbonyl (C=O) groups excluding carboxylic acids is 1. The minimum Gasteiger partial charge on any atom is -0.307 e. The summed E-state index contributed by atoms with van der Waals surface area (Å²) >= 11 is 7.92. The van der Waals surface area contributed by atoms with Crippen molar-refractivity contribution in [2.24, 2.45) is 0 Å². The summed E-state index contributed by atoms with van der Waals surface area (Å²) in [6, 6.07) is 8.06. The van der Waals surface area contributed by atoms with Gasteiger partial charge in [0.15, 0.2) is 0 Å². The Hall–Kier alpha value is -0.780. The largest absolute Gasteiger partial charge is 0.307 e. The van der Waals surface area contributed by atoms with E-state index >= 15 is 0 Å². The van der Waals surface area contributed by atoms with Crippen molar-refractivity contribution in [2.75, 3.05) is 6.26 Å². The van der Waals surface area contributed by atoms with Gasteiger partial charge in [-0.1, -0.05) is 36.1 Å². The molecule has 5 heteroatoms. The van der Waals surface area contributed by atoms with E-state index in [1.165, 1.54) is 16.7 Å². The molecule has 1 fully saturated rings. The van der Waals surface area contributed by atoms with Crippen molar-refractivity contribution in [3.63, 3.8) is 0 Å². The number of amides is 1. The first kappa shape index (κ1) is 11.7. The summed E-state index contributed by atoms with van der Waals surface area (Å²) < 4.78 is 0.525. The monoisotopic (exact) mass is 267 g/mol. The molecule has 0 aliphatic carbocycles. The number of carbonyl (C=O) groups is 1. The number of hydrogen-bond acceptors (Lipinski definition) is 4. The summed E-state index contributed by atoms with van der Waals surface area (Å²) in [5.74, 6) is -0.107. The minimum absolute atomic E-state index is 0.107. The molecule has 2 nitrogen and oxygen atoms in total. The number of rotatable bonds is 2. The van der Waals surface area contributed by atoms with Gasteiger partial charge in [-0.15, -0.1) is 11.8 Å². The van der Waals surface area contributed by atoms with Crippen LogP contribution in [0, 0.1) is 0 Å². The Bertz CT molecular complexity index is 465. The Kier molecular flexibility index (Phi) is 3.68. The predicted octanol–water partition coefficient (Wildman–Crippen LogP) is 2.90. The van der Waals surface area contributed by atoms with E-state index in [0.29, 0.717) is 9.23 Å². The molecule has 0 bridgehead atoms. The molecular formula is C11H9NOS3. The third kappa shape index (κ3) is 2.66. The fraction of sp³-hybridized carbons (Fsp3) is 0.0909. The van der Waals surface area contributed by atoms with Crippen LogP contribution in [-0.2, 0) is 4.79 Å². The van der Waals surface area contributed by atoms with Crippen molar-refractivity contribution in [2.45, 2.75) is 4.90 Å². The molecule has 0 radical (unpaired) electrons. The fourth-order valence-electron chi connectivity index (χ4n) is 1.27. The molecule has 1 aromatic rings. The van der Waals surface area contributed by atoms with Crippen LogP contribution in [0.3, 0.4) is 0 Å². The maximum absolute atomic E-state index is 11.4. The standard InChI is InChI=1S/C11H9NOS3/c1-15-8-4-2-7(3-5-8)6-9-10(13)12-11(14)16-9/h2-6H,1H3,(H,12,13,14). The second kappa shape index (κ2) is 5.03. The second-order valence-corrected chi connectivity index (χ2v) is 5.72. The Labute approximate surface area is 108 Å². The average Bonchev–Trinajstić information content (AvgIpc) is 2.59. The van der Waals surface area contributed by atoms with Gasteiger partial charge in [0.2, 0.25) is 0 Å². The van der Waals surface area contributed by atoms with Crippen molar-refractivity contribution in [1.29, 1.82) is 0 Å². The molecular weight excluding hydrogens is 258 g/mol. The maximum atomic E-state index is 11.4. The highest BCUT2D eigenvalue weighted by molar-refractivity contribution is 8.26. The molecule has 2 rings (SSSR count). The lowest BCUT2D eigenvalue weighted by molar-refractivity contribution is -0.115. The van der Waals surface area contributed by atoms with Gasteiger partial charge < -0.3 is 5.32 Å². The molecule has 0 spiro atoms. The van der Waals surface area contributed by atoms with E-state index in [4.69, 9.17) is 12.2 Å². The number of hydrogen-bond donors (Lipinski definition) is 1. The van der Waals surface area contributed by atoms with Crippen LogP contribution in [0.1, 0.15) is 5.56 Å². The lowest BCUT2D eigenvalue weighted by Crippen LogP contribution is -2.17. The third-order valence-electron chi connectivity index (χ3n) is 2.06. The van der Waals surface area contributed by atoms with Gasteiger partial charge in [-0.05, 0) is 30.0 Å². The SMILES string of the molecule is CSc1ccc(C=C2SC(=S)NC2=O)cc1. The van der Waals surface area contributed by atoms with Gasteiger partial charge in [0.25, 0.3) is 5.91 Å². The average molecular weight is 267 g/mol. The second-order valence-electron chi connectivity index (χ2n) is 3.13. The molecule has 1 aromatic carbocycles. The van der Waals surface area contributed by atoms with Gasteiger partial charge in [0.05, 0.1) is 4.91 Å². The van der Waals surface area contributed by atoms with Gasteiger partial charge in [-0.25, -0.2) is 0 Å². The summed E-state index contributed by atoms with van der Waals surface area (Å²) in [5.41, 5.74) is 1.01. The van der Waals surface area contributed by atoms with E-state index in [1.54, 1.807) is 11.8 Å².